The lowest BCUT2D eigenvalue weighted by molar-refractivity contribution is 0.666. The van der Waals surface area contributed by atoms with Crippen LogP contribution in [0.3, 0.4) is 0 Å². The van der Waals surface area contributed by atoms with Gasteiger partial charge in [-0.25, -0.2) is 4.98 Å². The van der Waals surface area contributed by atoms with E-state index in [1.54, 1.807) is 0 Å². The molecule has 0 saturated carbocycles. The predicted molar refractivity (Wildman–Crippen MR) is 175 cm³/mol. The quantitative estimate of drug-likeness (QED) is 0.219. The molecule has 200 valence electrons. The first-order valence-electron chi connectivity index (χ1n) is 14.5. The molecule has 3 aromatic heterocycles. The maximum Gasteiger partial charge on any atom is 0.181 e. The van der Waals surface area contributed by atoms with Crippen molar-refractivity contribution in [2.45, 2.75) is 0 Å². The Balaban J connectivity index is 1.30. The maximum absolute atomic E-state index is 6.54. The Kier molecular flexibility index (Phi) is 4.42. The van der Waals surface area contributed by atoms with Gasteiger partial charge in [0.1, 0.15) is 16.7 Å². The van der Waals surface area contributed by atoms with Crippen molar-refractivity contribution in [2.75, 3.05) is 4.90 Å². The van der Waals surface area contributed by atoms with Crippen LogP contribution in [0.2, 0.25) is 0 Å². The Labute approximate surface area is 246 Å². The molecule has 1 aliphatic rings. The number of pyridine rings is 1. The lowest BCUT2D eigenvalue weighted by atomic mass is 10.0. The zero-order valence-corrected chi connectivity index (χ0v) is 22.9. The molecule has 10 rings (SSSR count). The molecule has 3 heterocycles. The summed E-state index contributed by atoms with van der Waals surface area (Å²) in [6.07, 6.45) is 1.88. The van der Waals surface area contributed by atoms with Crippen LogP contribution in [0.4, 0.5) is 17.2 Å². The van der Waals surface area contributed by atoms with Gasteiger partial charge in [-0.15, -0.1) is 0 Å². The van der Waals surface area contributed by atoms with E-state index in [9.17, 15) is 0 Å². The largest absolute Gasteiger partial charge is 0.456 e. The lowest BCUT2D eigenvalue weighted by Gasteiger charge is -2.26. The van der Waals surface area contributed by atoms with E-state index in [1.165, 1.54) is 27.6 Å². The van der Waals surface area contributed by atoms with Crippen LogP contribution in [0.25, 0.3) is 76.9 Å². The van der Waals surface area contributed by atoms with Crippen LogP contribution in [0, 0.1) is 0 Å². The van der Waals surface area contributed by atoms with Crippen LogP contribution in [0.1, 0.15) is 0 Å². The van der Waals surface area contributed by atoms with Gasteiger partial charge in [-0.1, -0.05) is 84.9 Å². The second-order valence-electron chi connectivity index (χ2n) is 11.1. The van der Waals surface area contributed by atoms with Crippen LogP contribution in [0.15, 0.2) is 142 Å². The molecule has 0 aliphatic heterocycles. The highest BCUT2D eigenvalue weighted by Crippen LogP contribution is 2.51. The second kappa shape index (κ2) is 8.34. The molecule has 0 unspecified atom stereocenters. The number of furan rings is 2. The Morgan fingerprint density at radius 1 is 0.465 bits per heavy atom. The number of anilines is 3. The molecule has 4 nitrogen and oxygen atoms in total. The van der Waals surface area contributed by atoms with Crippen molar-refractivity contribution in [1.82, 2.24) is 4.98 Å². The van der Waals surface area contributed by atoms with Gasteiger partial charge >= 0.3 is 0 Å². The summed E-state index contributed by atoms with van der Waals surface area (Å²) in [7, 11) is 0. The Hall–Kier alpha value is -5.87. The number of para-hydroxylation sites is 2. The summed E-state index contributed by atoms with van der Waals surface area (Å²) in [6.45, 7) is 0. The highest BCUT2D eigenvalue weighted by atomic mass is 16.3. The number of hydrogen-bond donors (Lipinski definition) is 0. The van der Waals surface area contributed by atoms with E-state index in [-0.39, 0.29) is 0 Å². The molecule has 9 aromatic rings. The van der Waals surface area contributed by atoms with E-state index >= 15 is 0 Å². The average molecular weight is 551 g/mol. The van der Waals surface area contributed by atoms with Crippen molar-refractivity contribution in [1.29, 1.82) is 0 Å². The highest BCUT2D eigenvalue weighted by Gasteiger charge is 2.27. The van der Waals surface area contributed by atoms with E-state index in [1.807, 2.05) is 42.6 Å². The van der Waals surface area contributed by atoms with Gasteiger partial charge < -0.3 is 8.83 Å². The molecule has 0 amide bonds. The third-order valence-electron chi connectivity index (χ3n) is 8.87. The van der Waals surface area contributed by atoms with Crippen LogP contribution >= 0.6 is 0 Å². The van der Waals surface area contributed by atoms with Gasteiger partial charge in [0, 0.05) is 39.2 Å². The van der Waals surface area contributed by atoms with Crippen molar-refractivity contribution in [3.05, 3.63) is 134 Å². The maximum atomic E-state index is 6.54. The summed E-state index contributed by atoms with van der Waals surface area (Å²) in [5.74, 6) is 0.736. The predicted octanol–water partition coefficient (Wildman–Crippen LogP) is 11.2. The van der Waals surface area contributed by atoms with Gasteiger partial charge in [-0.3, -0.25) is 4.90 Å². The minimum Gasteiger partial charge on any atom is -0.456 e. The molecular weight excluding hydrogens is 528 g/mol. The van der Waals surface area contributed by atoms with Crippen molar-refractivity contribution >= 4 is 71.8 Å². The molecule has 0 radical (unpaired) electrons. The molecule has 43 heavy (non-hydrogen) atoms. The molecule has 0 fully saturated rings. The average Bonchev–Trinajstić information content (AvgIpc) is 3.73. The number of fused-ring (bicyclic) bond motifs is 9. The molecule has 0 bridgehead atoms. The summed E-state index contributed by atoms with van der Waals surface area (Å²) in [5.41, 5.74) is 10.3. The standard InChI is InChI=1S/C39H22N2O2/c1-2-9-25-24(8-1)29-12-7-13-32-33(19-18-30(25)37(29)32)41(23-16-17-28-26-10-3-5-14-34(26)42-36(28)22-23)39-38-31(20-21-40-39)27-11-4-6-15-35(27)43-38/h1-22H. The third kappa shape index (κ3) is 3.07. The summed E-state index contributed by atoms with van der Waals surface area (Å²) < 4.78 is 12.9. The lowest BCUT2D eigenvalue weighted by Crippen LogP contribution is -2.12. The van der Waals surface area contributed by atoms with Crippen molar-refractivity contribution in [3.63, 3.8) is 0 Å². The molecular formula is C39H22N2O2. The number of aromatic nitrogens is 1. The third-order valence-corrected chi connectivity index (χ3v) is 8.87. The summed E-state index contributed by atoms with van der Waals surface area (Å²) in [5, 5.41) is 6.72. The highest BCUT2D eigenvalue weighted by molar-refractivity contribution is 6.20. The van der Waals surface area contributed by atoms with Gasteiger partial charge in [0.15, 0.2) is 11.4 Å². The smallest absolute Gasteiger partial charge is 0.181 e. The zero-order valence-electron chi connectivity index (χ0n) is 22.9. The fraction of sp³-hybridized carbons (Fsp3) is 0. The molecule has 0 atom stereocenters. The van der Waals surface area contributed by atoms with E-state index in [0.29, 0.717) is 0 Å². The Morgan fingerprint density at radius 3 is 1.95 bits per heavy atom. The normalized spacial score (nSPS) is 12.2. The van der Waals surface area contributed by atoms with E-state index < -0.39 is 0 Å². The number of rotatable bonds is 3. The van der Waals surface area contributed by atoms with E-state index in [2.05, 4.69) is 95.9 Å². The second-order valence-corrected chi connectivity index (χ2v) is 11.1. The molecule has 6 aromatic carbocycles. The Bertz CT molecular complexity index is 2560. The Morgan fingerprint density at radius 2 is 1.12 bits per heavy atom. The zero-order chi connectivity index (χ0) is 28.1. The van der Waals surface area contributed by atoms with Crippen molar-refractivity contribution in [2.24, 2.45) is 0 Å². The molecule has 0 saturated heterocycles. The minimum atomic E-state index is 0.736. The van der Waals surface area contributed by atoms with Crippen LogP contribution in [0.5, 0.6) is 0 Å². The summed E-state index contributed by atoms with van der Waals surface area (Å²) in [6, 6.07) is 44.6. The van der Waals surface area contributed by atoms with Gasteiger partial charge in [-0.05, 0) is 64.0 Å². The first kappa shape index (κ1) is 22.8. The van der Waals surface area contributed by atoms with Crippen LogP contribution < -0.4 is 4.90 Å². The monoisotopic (exact) mass is 550 g/mol. The number of nitrogens with zero attached hydrogens (tertiary/aromatic N) is 2. The van der Waals surface area contributed by atoms with Crippen LogP contribution in [-0.4, -0.2) is 4.98 Å². The minimum absolute atomic E-state index is 0.736. The van der Waals surface area contributed by atoms with Crippen molar-refractivity contribution < 1.29 is 8.83 Å². The van der Waals surface area contributed by atoms with E-state index in [4.69, 9.17) is 13.8 Å². The number of hydrogen-bond acceptors (Lipinski definition) is 4. The first-order chi connectivity index (χ1) is 21.3. The molecule has 4 heteroatoms. The first-order valence-corrected chi connectivity index (χ1v) is 14.5. The van der Waals surface area contributed by atoms with E-state index in [0.717, 1.165) is 66.5 Å². The van der Waals surface area contributed by atoms with Crippen molar-refractivity contribution in [3.8, 4) is 22.3 Å². The summed E-state index contributed by atoms with van der Waals surface area (Å²) >= 11 is 0. The fourth-order valence-corrected chi connectivity index (χ4v) is 7.01. The number of benzene rings is 6. The summed E-state index contributed by atoms with van der Waals surface area (Å²) in [4.78, 5) is 7.21. The van der Waals surface area contributed by atoms with Gasteiger partial charge in [-0.2, -0.15) is 0 Å². The van der Waals surface area contributed by atoms with Crippen LogP contribution in [-0.2, 0) is 0 Å². The molecule has 1 aliphatic carbocycles. The molecule has 0 spiro atoms. The molecule has 0 N–H and O–H groups in total. The van der Waals surface area contributed by atoms with Gasteiger partial charge in [0.25, 0.3) is 0 Å². The fourth-order valence-electron chi connectivity index (χ4n) is 7.01. The SMILES string of the molecule is c1ccc2c(c1)-c1cccc3c(N(c4ccc5c(c4)oc4ccccc45)c4nccc5c4oc4ccccc45)ccc-2c13. The topological polar surface area (TPSA) is 42.4 Å². The van der Waals surface area contributed by atoms with Gasteiger partial charge in [0.2, 0.25) is 0 Å². The van der Waals surface area contributed by atoms with Gasteiger partial charge in [0.05, 0.1) is 11.4 Å².